The summed E-state index contributed by atoms with van der Waals surface area (Å²) in [5, 5.41) is 14.3. The van der Waals surface area contributed by atoms with Crippen molar-refractivity contribution in [2.45, 2.75) is 99.4 Å². The van der Waals surface area contributed by atoms with Crippen molar-refractivity contribution in [2.75, 3.05) is 6.54 Å². The van der Waals surface area contributed by atoms with E-state index in [-0.39, 0.29) is 23.9 Å². The van der Waals surface area contributed by atoms with Crippen LogP contribution in [0.25, 0.3) is 11.0 Å². The third-order valence-electron chi connectivity index (χ3n) is 9.91. The van der Waals surface area contributed by atoms with E-state index in [1.165, 1.54) is 6.92 Å². The molecule has 0 unspecified atom stereocenters. The van der Waals surface area contributed by atoms with E-state index < -0.39 is 105 Å². The van der Waals surface area contributed by atoms with E-state index >= 15 is 0 Å². The molecule has 19 heteroatoms. The molecule has 14 nitrogen and oxygen atoms in total. The maximum absolute atomic E-state index is 14.1. The Hall–Kier alpha value is -4.55. The lowest BCUT2D eigenvalue weighted by atomic mass is 10.1. The first-order valence-electron chi connectivity index (χ1n) is 16.5. The van der Waals surface area contributed by atoms with Crippen LogP contribution in [0.15, 0.2) is 30.4 Å². The highest BCUT2D eigenvalue weighted by atomic mass is 32.2. The van der Waals surface area contributed by atoms with Gasteiger partial charge in [-0.3, -0.25) is 19.1 Å². The van der Waals surface area contributed by atoms with E-state index in [1.807, 2.05) is 0 Å². The summed E-state index contributed by atoms with van der Waals surface area (Å²) in [6.07, 6.45) is -1.81. The Morgan fingerprint density at radius 2 is 1.86 bits per heavy atom. The number of carboxylic acid groups (broad SMARTS) is 1. The molecule has 51 heavy (non-hydrogen) atoms. The van der Waals surface area contributed by atoms with E-state index in [0.29, 0.717) is 38.5 Å². The molecule has 6 rings (SSSR count). The Morgan fingerprint density at radius 1 is 1.12 bits per heavy atom. The Kier molecular flexibility index (Phi) is 9.39. The second-order valence-electron chi connectivity index (χ2n) is 13.7. The number of aromatic nitrogens is 2. The zero-order valence-corrected chi connectivity index (χ0v) is 28.2. The molecule has 1 aromatic carbocycles. The molecular weight excluding hydrogens is 704 g/mol. The normalized spacial score (nSPS) is 28.7. The highest BCUT2D eigenvalue weighted by Gasteiger charge is 2.63. The second-order valence-corrected chi connectivity index (χ2v) is 15.9. The van der Waals surface area contributed by atoms with Crippen molar-refractivity contribution in [1.29, 1.82) is 0 Å². The van der Waals surface area contributed by atoms with Crippen LogP contribution in [0.3, 0.4) is 0 Å². The quantitative estimate of drug-likeness (QED) is 0.252. The number of benzene rings is 1. The first kappa shape index (κ1) is 36.2. The molecule has 2 aliphatic carbocycles. The van der Waals surface area contributed by atoms with Crippen molar-refractivity contribution in [2.24, 2.45) is 5.92 Å². The number of halogens is 4. The van der Waals surface area contributed by atoms with E-state index in [4.69, 9.17) is 4.74 Å². The minimum Gasteiger partial charge on any atom is -0.471 e. The molecule has 2 aromatic rings. The molecule has 0 bridgehead atoms. The molecule has 3 fully saturated rings. The second kappa shape index (κ2) is 13.2. The van der Waals surface area contributed by atoms with Crippen LogP contribution in [0.2, 0.25) is 0 Å². The van der Waals surface area contributed by atoms with Gasteiger partial charge in [-0.15, -0.1) is 0 Å². The highest BCUT2D eigenvalue weighted by Crippen LogP contribution is 2.47. The van der Waals surface area contributed by atoms with Crippen LogP contribution in [-0.2, 0) is 30.6 Å². The molecule has 2 aliphatic heterocycles. The molecular formula is C32H36F4N6O8S. The molecule has 0 radical (unpaired) electrons. The predicted octanol–water partition coefficient (Wildman–Crippen LogP) is 3.17. The minimum absolute atomic E-state index is 0.0370. The first-order chi connectivity index (χ1) is 23.9. The molecule has 1 saturated heterocycles. The number of rotatable bonds is 6. The van der Waals surface area contributed by atoms with Crippen LogP contribution in [0.1, 0.15) is 70.4 Å². The van der Waals surface area contributed by atoms with E-state index in [0.717, 1.165) is 23.1 Å². The third kappa shape index (κ3) is 7.43. The van der Waals surface area contributed by atoms with E-state index in [1.54, 1.807) is 12.2 Å². The standard InChI is InChI=1S/C32H36F4N6O8S/c1-30(11-12-30)51(48,49)41-28(45)31-15-17(31)7-5-3-2-4-6-8-21(39-29(46)47)27(44)42-16-19(14-23(42)25(43)40-31)50-26-24(32(34,35)36)37-20-10-9-18(33)13-22(20)38-26/h5,7,9-10,13,17,19,21,23,39H,2-4,6,8,11-12,14-16H2,1H3,(H,40,43)(H,41,45)(H,46,47)/b7-5-/t17-,19-,21+,23+,31-/m1/s1. The number of nitrogens with one attached hydrogen (secondary N) is 3. The van der Waals surface area contributed by atoms with Crippen molar-refractivity contribution in [3.8, 4) is 5.88 Å². The summed E-state index contributed by atoms with van der Waals surface area (Å²) < 4.78 is 88.9. The minimum atomic E-state index is -5.07. The topological polar surface area (TPSA) is 197 Å². The maximum atomic E-state index is 14.1. The number of sulfonamides is 1. The number of hydrogen-bond acceptors (Lipinski definition) is 9. The van der Waals surface area contributed by atoms with Gasteiger partial charge < -0.3 is 25.4 Å². The smallest absolute Gasteiger partial charge is 0.438 e. The summed E-state index contributed by atoms with van der Waals surface area (Å²) in [4.78, 5) is 61.7. The number of alkyl halides is 3. The Labute approximate surface area is 289 Å². The van der Waals surface area contributed by atoms with Gasteiger partial charge in [0.25, 0.3) is 5.91 Å². The third-order valence-corrected chi connectivity index (χ3v) is 12.1. The van der Waals surface area contributed by atoms with Crippen LogP contribution >= 0.6 is 0 Å². The number of allylic oxidation sites excluding steroid dienone is 1. The number of amides is 4. The zero-order valence-electron chi connectivity index (χ0n) is 27.3. The molecule has 4 aliphatic rings. The lowest BCUT2D eigenvalue weighted by molar-refractivity contribution is -0.143. The van der Waals surface area contributed by atoms with Crippen LogP contribution in [0.4, 0.5) is 22.4 Å². The summed E-state index contributed by atoms with van der Waals surface area (Å²) in [6.45, 7) is 0.994. The molecule has 0 spiro atoms. The molecule has 2 saturated carbocycles. The van der Waals surface area contributed by atoms with Crippen LogP contribution in [0, 0.1) is 11.7 Å². The number of carbonyl (C=O) groups is 4. The van der Waals surface area contributed by atoms with Gasteiger partial charge in [0.15, 0.2) is 0 Å². The van der Waals surface area contributed by atoms with Crippen molar-refractivity contribution in [3.63, 3.8) is 0 Å². The van der Waals surface area contributed by atoms with Crippen molar-refractivity contribution in [3.05, 3.63) is 41.9 Å². The van der Waals surface area contributed by atoms with Crippen LogP contribution in [-0.4, -0.2) is 87.2 Å². The van der Waals surface area contributed by atoms with Gasteiger partial charge in [-0.1, -0.05) is 25.0 Å². The van der Waals surface area contributed by atoms with Crippen LogP contribution in [0.5, 0.6) is 5.88 Å². The largest absolute Gasteiger partial charge is 0.471 e. The average molecular weight is 741 g/mol. The summed E-state index contributed by atoms with van der Waals surface area (Å²) in [7, 11) is -4.10. The van der Waals surface area contributed by atoms with Crippen molar-refractivity contribution in [1.82, 2.24) is 30.2 Å². The fourth-order valence-electron chi connectivity index (χ4n) is 6.53. The van der Waals surface area contributed by atoms with Gasteiger partial charge in [0.1, 0.15) is 29.5 Å². The fourth-order valence-corrected chi connectivity index (χ4v) is 7.84. The first-order valence-corrected chi connectivity index (χ1v) is 18.0. The number of nitrogens with zero attached hydrogens (tertiary/aromatic N) is 3. The molecule has 4 N–H and O–H groups in total. The van der Waals surface area contributed by atoms with Crippen molar-refractivity contribution >= 4 is 44.9 Å². The molecule has 4 amide bonds. The average Bonchev–Trinajstić information content (AvgIpc) is 3.92. The summed E-state index contributed by atoms with van der Waals surface area (Å²) in [5.41, 5.74) is -3.75. The van der Waals surface area contributed by atoms with Gasteiger partial charge in [0.2, 0.25) is 33.4 Å². The highest BCUT2D eigenvalue weighted by molar-refractivity contribution is 7.91. The summed E-state index contributed by atoms with van der Waals surface area (Å²) in [5.74, 6) is -5.17. The van der Waals surface area contributed by atoms with Gasteiger partial charge >= 0.3 is 12.3 Å². The van der Waals surface area contributed by atoms with Gasteiger partial charge in [-0.25, -0.2) is 27.6 Å². The SMILES string of the molecule is CC1(S(=O)(=O)NC(=O)[C@@]23C[C@H]2/C=C\CCCCC[C@H](NC(=O)O)C(=O)N2C[C@H](Oc4nc5cc(F)ccc5nc4C(F)(F)F)C[C@H]2C(=O)N3)CC1. The number of ether oxygens (including phenoxy) is 1. The molecule has 276 valence electrons. The predicted molar refractivity (Wildman–Crippen MR) is 170 cm³/mol. The van der Waals surface area contributed by atoms with E-state index in [9.17, 15) is 50.3 Å². The number of hydrogen-bond donors (Lipinski definition) is 4. The Balaban J connectivity index is 1.34. The number of carbonyl (C=O) groups excluding carboxylic acids is 3. The van der Waals surface area contributed by atoms with Gasteiger partial charge in [0, 0.05) is 18.4 Å². The lowest BCUT2D eigenvalue weighted by Crippen LogP contribution is -2.58. The van der Waals surface area contributed by atoms with Crippen molar-refractivity contribution < 1.29 is 55.0 Å². The fraction of sp³-hybridized carbons (Fsp3) is 0.562. The molecule has 3 heterocycles. The van der Waals surface area contributed by atoms with Gasteiger partial charge in [-0.2, -0.15) is 13.2 Å². The summed E-state index contributed by atoms with van der Waals surface area (Å²) >= 11 is 0. The lowest BCUT2D eigenvalue weighted by Gasteiger charge is -2.29. The Bertz CT molecular complexity index is 1910. The zero-order chi connectivity index (χ0) is 36.9. The van der Waals surface area contributed by atoms with Crippen LogP contribution < -0.4 is 20.1 Å². The maximum Gasteiger partial charge on any atom is 0.438 e. The molecule has 5 atom stereocenters. The van der Waals surface area contributed by atoms with Gasteiger partial charge in [0.05, 0.1) is 22.3 Å². The molecule has 1 aromatic heterocycles. The Morgan fingerprint density at radius 3 is 2.55 bits per heavy atom. The summed E-state index contributed by atoms with van der Waals surface area (Å²) in [6, 6.07) is -0.0210. The van der Waals surface area contributed by atoms with Gasteiger partial charge in [-0.05, 0) is 57.6 Å². The van der Waals surface area contributed by atoms with E-state index in [2.05, 4.69) is 25.3 Å². The number of fused-ring (bicyclic) bond motifs is 3. The monoisotopic (exact) mass is 740 g/mol.